The van der Waals surface area contributed by atoms with E-state index in [0.717, 1.165) is 0 Å². The van der Waals surface area contributed by atoms with Crippen LogP contribution in [0.5, 0.6) is 0 Å². The average Bonchev–Trinajstić information content (AvgIpc) is 2.33. The summed E-state index contributed by atoms with van der Waals surface area (Å²) in [6.07, 6.45) is 0. The van der Waals surface area contributed by atoms with E-state index in [9.17, 15) is 13.5 Å². The van der Waals surface area contributed by atoms with Crippen LogP contribution in [0, 0.1) is 13.8 Å². The first-order valence-corrected chi connectivity index (χ1v) is 8.27. The van der Waals surface area contributed by atoms with Gasteiger partial charge in [0.25, 0.3) is 0 Å². The second kappa shape index (κ2) is 6.31. The normalized spacial score (nSPS) is 12.8. The predicted molar refractivity (Wildman–Crippen MR) is 84.5 cm³/mol. The third-order valence-corrected chi connectivity index (χ3v) is 5.37. The topological polar surface area (TPSA) is 95.7 Å². The van der Waals surface area contributed by atoms with Gasteiger partial charge in [0.05, 0.1) is 10.5 Å². The molecule has 1 aromatic carbocycles. The minimum atomic E-state index is -3.67. The molecule has 0 aliphatic heterocycles. The van der Waals surface area contributed by atoms with Crippen LogP contribution >= 0.6 is 0 Å². The molecule has 0 saturated carbocycles. The van der Waals surface area contributed by atoms with Gasteiger partial charge >= 0.3 is 0 Å². The molecule has 0 spiro atoms. The maximum Gasteiger partial charge on any atom is 0.243 e. The summed E-state index contributed by atoms with van der Waals surface area (Å²) >= 11 is 0. The number of sulfonamides is 1. The molecule has 0 saturated heterocycles. The highest BCUT2D eigenvalue weighted by Gasteiger charge is 2.30. The molecule has 0 aliphatic rings. The van der Waals surface area contributed by atoms with Crippen LogP contribution in [0.1, 0.15) is 31.9 Å². The van der Waals surface area contributed by atoms with Crippen molar-refractivity contribution in [1.29, 1.82) is 0 Å². The molecule has 0 heterocycles. The lowest BCUT2D eigenvalue weighted by Crippen LogP contribution is -2.42. The highest BCUT2D eigenvalue weighted by Crippen LogP contribution is 2.27. The smallest absolute Gasteiger partial charge is 0.243 e. The lowest BCUT2D eigenvalue weighted by atomic mass is 10.1. The Kier molecular flexibility index (Phi) is 5.38. The van der Waals surface area contributed by atoms with Gasteiger partial charge in [-0.2, -0.15) is 4.31 Å². The van der Waals surface area contributed by atoms with Crippen LogP contribution < -0.4 is 11.3 Å². The average molecular weight is 315 g/mol. The fourth-order valence-electron chi connectivity index (χ4n) is 2.37. The van der Waals surface area contributed by atoms with E-state index in [1.54, 1.807) is 46.8 Å². The molecule has 0 fully saturated rings. The molecule has 0 radical (unpaired) electrons. The van der Waals surface area contributed by atoms with Crippen molar-refractivity contribution in [3.05, 3.63) is 23.3 Å². The van der Waals surface area contributed by atoms with Crippen molar-refractivity contribution in [2.24, 2.45) is 5.84 Å². The molecule has 0 bridgehead atoms. The van der Waals surface area contributed by atoms with E-state index in [1.807, 2.05) is 0 Å². The third kappa shape index (κ3) is 4.16. The monoisotopic (exact) mass is 315 g/mol. The third-order valence-electron chi connectivity index (χ3n) is 3.14. The van der Waals surface area contributed by atoms with E-state index in [1.165, 1.54) is 4.31 Å². The molecule has 4 N–H and O–H groups in total. The number of aryl methyl sites for hydroxylation is 2. The Morgan fingerprint density at radius 2 is 1.76 bits per heavy atom. The lowest BCUT2D eigenvalue weighted by Gasteiger charge is -2.28. The van der Waals surface area contributed by atoms with Crippen molar-refractivity contribution in [3.63, 3.8) is 0 Å². The number of likely N-dealkylation sites (N-methyl/N-ethyl adjacent to an activating group) is 1. The van der Waals surface area contributed by atoms with Crippen molar-refractivity contribution in [1.82, 2.24) is 4.31 Å². The van der Waals surface area contributed by atoms with Gasteiger partial charge in [-0.1, -0.05) is 6.92 Å². The first kappa shape index (κ1) is 17.9. The standard InChI is InChI=1S/C14H25N3O3S/c1-6-17(9-14(4,5)18)21(19,20)13-10(2)7-12(16-15)8-11(13)3/h7-8,16,18H,6,9,15H2,1-5H3. The first-order chi connectivity index (χ1) is 9.52. The number of hydrogen-bond donors (Lipinski definition) is 3. The van der Waals surface area contributed by atoms with Crippen LogP contribution in [0.25, 0.3) is 0 Å². The Hall–Kier alpha value is -1.15. The number of nitrogen functional groups attached to an aromatic ring is 1. The zero-order chi connectivity index (χ0) is 16.4. The van der Waals surface area contributed by atoms with Gasteiger partial charge in [-0.05, 0) is 51.0 Å². The number of nitrogens with two attached hydrogens (primary N) is 1. The second-order valence-corrected chi connectivity index (χ2v) is 7.70. The van der Waals surface area contributed by atoms with Crippen LogP contribution in [-0.2, 0) is 10.0 Å². The van der Waals surface area contributed by atoms with E-state index in [4.69, 9.17) is 5.84 Å². The molecule has 6 nitrogen and oxygen atoms in total. The number of benzene rings is 1. The summed E-state index contributed by atoms with van der Waals surface area (Å²) in [5.74, 6) is 5.37. The maximum absolute atomic E-state index is 12.8. The summed E-state index contributed by atoms with van der Waals surface area (Å²) < 4.78 is 27.0. The molecule has 0 aliphatic carbocycles. The van der Waals surface area contributed by atoms with E-state index < -0.39 is 15.6 Å². The van der Waals surface area contributed by atoms with Gasteiger partial charge in [-0.3, -0.25) is 5.84 Å². The number of anilines is 1. The molecule has 21 heavy (non-hydrogen) atoms. The Bertz CT molecular complexity index is 583. The Morgan fingerprint density at radius 3 is 2.10 bits per heavy atom. The molecule has 0 amide bonds. The molecular formula is C14H25N3O3S. The maximum atomic E-state index is 12.8. The highest BCUT2D eigenvalue weighted by molar-refractivity contribution is 7.89. The zero-order valence-corrected chi connectivity index (χ0v) is 14.1. The summed E-state index contributed by atoms with van der Waals surface area (Å²) in [6.45, 7) is 8.74. The molecule has 7 heteroatoms. The van der Waals surface area contributed by atoms with Gasteiger partial charge in [0, 0.05) is 18.8 Å². The molecule has 1 rings (SSSR count). The fourth-order valence-corrected chi connectivity index (χ4v) is 4.38. The van der Waals surface area contributed by atoms with Crippen molar-refractivity contribution in [2.75, 3.05) is 18.5 Å². The van der Waals surface area contributed by atoms with Crippen molar-refractivity contribution >= 4 is 15.7 Å². The summed E-state index contributed by atoms with van der Waals surface area (Å²) in [5, 5.41) is 9.92. The van der Waals surface area contributed by atoms with E-state index in [2.05, 4.69) is 5.43 Å². The van der Waals surface area contributed by atoms with Crippen LogP contribution in [-0.4, -0.2) is 36.5 Å². The molecular weight excluding hydrogens is 290 g/mol. The van der Waals surface area contributed by atoms with Crippen LogP contribution in [0.4, 0.5) is 5.69 Å². The number of nitrogens with one attached hydrogen (secondary N) is 1. The highest BCUT2D eigenvalue weighted by atomic mass is 32.2. The Morgan fingerprint density at radius 1 is 1.29 bits per heavy atom. The van der Waals surface area contributed by atoms with Gasteiger partial charge in [0.2, 0.25) is 10.0 Å². The SMILES string of the molecule is CCN(CC(C)(C)O)S(=O)(=O)c1c(C)cc(NN)cc1C. The lowest BCUT2D eigenvalue weighted by molar-refractivity contribution is 0.0601. The molecule has 120 valence electrons. The Labute approximate surface area is 127 Å². The van der Waals surface area contributed by atoms with Crippen LogP contribution in [0.3, 0.4) is 0 Å². The van der Waals surface area contributed by atoms with E-state index in [-0.39, 0.29) is 11.4 Å². The quantitative estimate of drug-likeness (QED) is 0.544. The van der Waals surface area contributed by atoms with E-state index >= 15 is 0 Å². The second-order valence-electron chi connectivity index (χ2n) is 5.83. The number of rotatable bonds is 6. The number of nitrogens with zero attached hydrogens (tertiary/aromatic N) is 1. The number of aliphatic hydroxyl groups is 1. The van der Waals surface area contributed by atoms with Gasteiger partial charge in [0.1, 0.15) is 0 Å². The summed E-state index contributed by atoms with van der Waals surface area (Å²) in [7, 11) is -3.67. The van der Waals surface area contributed by atoms with Crippen LogP contribution in [0.15, 0.2) is 17.0 Å². The van der Waals surface area contributed by atoms with Gasteiger partial charge < -0.3 is 10.5 Å². The van der Waals surface area contributed by atoms with Gasteiger partial charge in [-0.15, -0.1) is 0 Å². The molecule has 0 atom stereocenters. The summed E-state index contributed by atoms with van der Waals surface area (Å²) in [4.78, 5) is 0.271. The molecule has 1 aromatic rings. The molecule has 0 unspecified atom stereocenters. The summed E-state index contributed by atoms with van der Waals surface area (Å²) in [6, 6.07) is 3.38. The predicted octanol–water partition coefficient (Wildman–Crippen LogP) is 1.37. The first-order valence-electron chi connectivity index (χ1n) is 6.83. The van der Waals surface area contributed by atoms with Crippen LogP contribution in [0.2, 0.25) is 0 Å². The minimum Gasteiger partial charge on any atom is -0.389 e. The largest absolute Gasteiger partial charge is 0.389 e. The van der Waals surface area contributed by atoms with E-state index in [0.29, 0.717) is 23.4 Å². The fraction of sp³-hybridized carbons (Fsp3) is 0.571. The van der Waals surface area contributed by atoms with Crippen molar-refractivity contribution in [3.8, 4) is 0 Å². The minimum absolute atomic E-state index is 0.0433. The van der Waals surface area contributed by atoms with Crippen molar-refractivity contribution in [2.45, 2.75) is 45.1 Å². The number of hydrazine groups is 1. The summed E-state index contributed by atoms with van der Waals surface area (Å²) in [5.41, 5.74) is 3.33. The Balaban J connectivity index is 3.36. The van der Waals surface area contributed by atoms with Crippen molar-refractivity contribution < 1.29 is 13.5 Å². The number of hydrogen-bond acceptors (Lipinski definition) is 5. The van der Waals surface area contributed by atoms with Gasteiger partial charge in [-0.25, -0.2) is 8.42 Å². The zero-order valence-electron chi connectivity index (χ0n) is 13.3. The van der Waals surface area contributed by atoms with Gasteiger partial charge in [0.15, 0.2) is 0 Å². The molecule has 0 aromatic heterocycles.